The zero-order chi connectivity index (χ0) is 18.5. The molecule has 1 aromatic rings. The van der Waals surface area contributed by atoms with Gasteiger partial charge in [-0.2, -0.15) is 0 Å². The van der Waals surface area contributed by atoms with Crippen molar-refractivity contribution in [1.82, 2.24) is 4.90 Å². The third-order valence-electron chi connectivity index (χ3n) is 5.51. The van der Waals surface area contributed by atoms with Gasteiger partial charge in [-0.3, -0.25) is 4.90 Å². The predicted octanol–water partition coefficient (Wildman–Crippen LogP) is 4.97. The van der Waals surface area contributed by atoms with Gasteiger partial charge in [0.05, 0.1) is 0 Å². The molecule has 0 amide bonds. The Bertz CT molecular complexity index is 656. The lowest BCUT2D eigenvalue weighted by Crippen LogP contribution is -2.49. The fourth-order valence-corrected chi connectivity index (χ4v) is 4.96. The average molecular weight is 469 g/mol. The van der Waals surface area contributed by atoms with Crippen LogP contribution in [0.5, 0.6) is 11.5 Å². The standard InChI is InChI=1S/C22H32INO2/c1-5-10-24-11-6-7-18-12-19-17(13-20(18)24)8-9-21(25-14-16(2)3)22(19)26-15-23-4/h8-9,18,20H,2,4-7,10-15H2,1,3H3/t18-,20-/m1/s1. The van der Waals surface area contributed by atoms with Gasteiger partial charge in [0.2, 0.25) is 0 Å². The molecule has 0 saturated carbocycles. The zero-order valence-electron chi connectivity index (χ0n) is 16.2. The number of rotatable bonds is 8. The molecule has 0 spiro atoms. The number of nitrogens with zero attached hydrogens (tertiary/aromatic N) is 1. The van der Waals surface area contributed by atoms with Gasteiger partial charge < -0.3 is 9.47 Å². The Kier molecular flexibility index (Phi) is 7.15. The Morgan fingerprint density at radius 1 is 1.31 bits per heavy atom. The molecule has 0 radical (unpaired) electrons. The van der Waals surface area contributed by atoms with E-state index in [0.29, 0.717) is 12.6 Å². The van der Waals surface area contributed by atoms with Gasteiger partial charge in [0.1, 0.15) is 11.2 Å². The lowest BCUT2D eigenvalue weighted by atomic mass is 9.75. The van der Waals surface area contributed by atoms with E-state index in [2.05, 4.69) is 35.0 Å². The molecule has 2 aliphatic rings. The molecular weight excluding hydrogens is 437 g/mol. The number of alkyl halides is 1. The van der Waals surface area contributed by atoms with Crippen molar-refractivity contribution >= 4 is 25.2 Å². The highest BCUT2D eigenvalue weighted by atomic mass is 127. The molecule has 2 atom stereocenters. The molecule has 1 heterocycles. The molecule has 26 heavy (non-hydrogen) atoms. The summed E-state index contributed by atoms with van der Waals surface area (Å²) in [6.07, 6.45) is 6.17. The number of hydrogen-bond acceptors (Lipinski definition) is 3. The van der Waals surface area contributed by atoms with Crippen molar-refractivity contribution in [3.05, 3.63) is 35.4 Å². The van der Waals surface area contributed by atoms with Gasteiger partial charge >= 0.3 is 0 Å². The Morgan fingerprint density at radius 2 is 2.15 bits per heavy atom. The second kappa shape index (κ2) is 9.36. The van der Waals surface area contributed by atoms with Crippen LogP contribution in [0.4, 0.5) is 0 Å². The fourth-order valence-electron chi connectivity index (χ4n) is 4.43. The number of likely N-dealkylation sites (tertiary alicyclic amines) is 1. The number of benzene rings is 1. The third kappa shape index (κ3) is 4.50. The number of piperidine rings is 1. The molecule has 3 rings (SSSR count). The first-order valence-electron chi connectivity index (χ1n) is 9.75. The second-order valence-corrected chi connectivity index (χ2v) is 9.33. The van der Waals surface area contributed by atoms with Crippen LogP contribution < -0.4 is 9.47 Å². The highest BCUT2D eigenvalue weighted by molar-refractivity contribution is 14.2. The molecule has 144 valence electrons. The summed E-state index contributed by atoms with van der Waals surface area (Å²) in [6, 6.07) is 5.07. The summed E-state index contributed by atoms with van der Waals surface area (Å²) in [5.74, 6) is 2.61. The highest BCUT2D eigenvalue weighted by Crippen LogP contribution is 2.43. The van der Waals surface area contributed by atoms with Crippen LogP contribution in [-0.4, -0.2) is 39.8 Å². The maximum absolute atomic E-state index is 6.19. The fraction of sp³-hybridized carbons (Fsp3) is 0.591. The van der Waals surface area contributed by atoms with Crippen molar-refractivity contribution in [2.24, 2.45) is 5.92 Å². The van der Waals surface area contributed by atoms with Gasteiger partial charge in [-0.25, -0.2) is 0 Å². The maximum Gasteiger partial charge on any atom is 0.165 e. The van der Waals surface area contributed by atoms with E-state index in [1.54, 1.807) is 0 Å². The molecule has 0 aromatic heterocycles. The minimum absolute atomic E-state index is 0.150. The molecule has 1 aliphatic heterocycles. The summed E-state index contributed by atoms with van der Waals surface area (Å²) in [7, 11) is 0. The molecule has 0 unspecified atom stereocenters. The van der Waals surface area contributed by atoms with E-state index in [1.165, 1.54) is 43.5 Å². The maximum atomic E-state index is 6.19. The van der Waals surface area contributed by atoms with Gasteiger partial charge in [0.15, 0.2) is 11.5 Å². The molecule has 1 saturated heterocycles. The van der Waals surface area contributed by atoms with E-state index in [4.69, 9.17) is 9.47 Å². The summed E-state index contributed by atoms with van der Waals surface area (Å²) in [5, 5.41) is 0. The topological polar surface area (TPSA) is 21.7 Å². The van der Waals surface area contributed by atoms with Crippen molar-refractivity contribution < 1.29 is 9.47 Å². The van der Waals surface area contributed by atoms with Crippen LogP contribution >= 0.6 is 20.7 Å². The number of hydrogen-bond donors (Lipinski definition) is 0. The summed E-state index contributed by atoms with van der Waals surface area (Å²) in [5.41, 5.74) is 3.87. The number of fused-ring (bicyclic) bond motifs is 2. The first-order chi connectivity index (χ1) is 12.6. The Labute approximate surface area is 168 Å². The van der Waals surface area contributed by atoms with Crippen molar-refractivity contribution in [2.75, 3.05) is 24.3 Å². The number of halogens is 1. The van der Waals surface area contributed by atoms with Crippen LogP contribution in [0.15, 0.2) is 24.3 Å². The Hall–Kier alpha value is -0.880. The van der Waals surface area contributed by atoms with Crippen molar-refractivity contribution in [1.29, 1.82) is 0 Å². The van der Waals surface area contributed by atoms with Gasteiger partial charge in [-0.15, -0.1) is 0 Å². The summed E-state index contributed by atoms with van der Waals surface area (Å²) >= 11 is -0.150. The van der Waals surface area contributed by atoms with E-state index in [0.717, 1.165) is 40.4 Å². The monoisotopic (exact) mass is 469 g/mol. The van der Waals surface area contributed by atoms with Gasteiger partial charge in [-0.1, -0.05) is 44.8 Å². The lowest BCUT2D eigenvalue weighted by molar-refractivity contribution is 0.0847. The first-order valence-corrected chi connectivity index (χ1v) is 12.8. The normalized spacial score (nSPS) is 22.4. The Morgan fingerprint density at radius 3 is 2.88 bits per heavy atom. The molecule has 1 aromatic carbocycles. The molecule has 1 fully saturated rings. The van der Waals surface area contributed by atoms with Gasteiger partial charge in [0, 0.05) is 11.6 Å². The lowest BCUT2D eigenvalue weighted by Gasteiger charge is -2.45. The number of ether oxygens (including phenoxy) is 2. The van der Waals surface area contributed by atoms with Crippen LogP contribution in [0.2, 0.25) is 0 Å². The molecule has 0 N–H and O–H groups in total. The van der Waals surface area contributed by atoms with E-state index in [9.17, 15) is 0 Å². The smallest absolute Gasteiger partial charge is 0.165 e. The summed E-state index contributed by atoms with van der Waals surface area (Å²) in [6.45, 7) is 11.3. The summed E-state index contributed by atoms with van der Waals surface area (Å²) in [4.78, 5) is 2.73. The molecule has 4 heteroatoms. The zero-order valence-corrected chi connectivity index (χ0v) is 18.4. The van der Waals surface area contributed by atoms with Crippen molar-refractivity contribution in [3.8, 4) is 11.5 Å². The quantitative estimate of drug-likeness (QED) is 0.305. The van der Waals surface area contributed by atoms with E-state index in [-0.39, 0.29) is 20.7 Å². The molecule has 1 aliphatic carbocycles. The third-order valence-corrected chi connectivity index (χ3v) is 6.26. The average Bonchev–Trinajstić information content (AvgIpc) is 2.64. The highest BCUT2D eigenvalue weighted by Gasteiger charge is 2.36. The van der Waals surface area contributed by atoms with Crippen LogP contribution in [0, 0.1) is 5.92 Å². The van der Waals surface area contributed by atoms with Crippen molar-refractivity contribution in [2.45, 2.75) is 52.0 Å². The largest absolute Gasteiger partial charge is 0.485 e. The van der Waals surface area contributed by atoms with Crippen LogP contribution in [0.25, 0.3) is 0 Å². The van der Waals surface area contributed by atoms with E-state index in [1.807, 2.05) is 6.92 Å². The SMILES string of the molecule is C=ICOc1c(OCC(=C)C)ccc2c1C[C@H]1CCCN(CCC)[C@@H]1C2. The van der Waals surface area contributed by atoms with Gasteiger partial charge in [0.25, 0.3) is 0 Å². The van der Waals surface area contributed by atoms with Crippen LogP contribution in [0.3, 0.4) is 0 Å². The minimum Gasteiger partial charge on any atom is -0.485 e. The van der Waals surface area contributed by atoms with Gasteiger partial charge in [-0.05, 0) is 75.2 Å². The predicted molar refractivity (Wildman–Crippen MR) is 119 cm³/mol. The molecular formula is C22H32INO2. The molecule has 3 nitrogen and oxygen atoms in total. The molecule has 0 bridgehead atoms. The first kappa shape index (κ1) is 19.9. The van der Waals surface area contributed by atoms with Crippen molar-refractivity contribution in [3.63, 3.8) is 0 Å². The Balaban J connectivity index is 1.89. The second-order valence-electron chi connectivity index (χ2n) is 7.63. The summed E-state index contributed by atoms with van der Waals surface area (Å²) < 4.78 is 17.0. The van der Waals surface area contributed by atoms with Crippen LogP contribution in [0.1, 0.15) is 44.2 Å². The van der Waals surface area contributed by atoms with Crippen LogP contribution in [-0.2, 0) is 12.8 Å². The van der Waals surface area contributed by atoms with E-state index < -0.39 is 0 Å². The minimum atomic E-state index is -0.150. The van der Waals surface area contributed by atoms with E-state index >= 15 is 0 Å².